The normalized spacial score (nSPS) is 10.3. The number of aryl methyl sites for hydroxylation is 1. The van der Waals surface area contributed by atoms with E-state index in [0.29, 0.717) is 23.7 Å². The van der Waals surface area contributed by atoms with Crippen LogP contribution in [0.3, 0.4) is 0 Å². The van der Waals surface area contributed by atoms with Crippen molar-refractivity contribution < 1.29 is 4.79 Å². The standard InChI is InChI=1S/C14H17ClN4O/c1-18(14-17-7-9-19(14)2)8-6-16-13(20)11-4-3-5-12(15)10-11/h3-5,7,9-10H,6,8H2,1-2H3,(H,16,20). The van der Waals surface area contributed by atoms with Crippen molar-refractivity contribution in [1.82, 2.24) is 14.9 Å². The first-order valence-corrected chi connectivity index (χ1v) is 6.68. The topological polar surface area (TPSA) is 50.2 Å². The molecular formula is C14H17ClN4O. The van der Waals surface area contributed by atoms with E-state index in [0.717, 1.165) is 5.95 Å². The summed E-state index contributed by atoms with van der Waals surface area (Å²) in [5, 5.41) is 3.42. The molecule has 1 aromatic carbocycles. The second kappa shape index (κ2) is 6.43. The average molecular weight is 293 g/mol. The van der Waals surface area contributed by atoms with Crippen LogP contribution in [0.1, 0.15) is 10.4 Å². The van der Waals surface area contributed by atoms with Crippen LogP contribution in [0.2, 0.25) is 5.02 Å². The number of likely N-dealkylation sites (N-methyl/N-ethyl adjacent to an activating group) is 1. The van der Waals surface area contributed by atoms with E-state index in [1.54, 1.807) is 30.5 Å². The highest BCUT2D eigenvalue weighted by atomic mass is 35.5. The maximum absolute atomic E-state index is 11.9. The summed E-state index contributed by atoms with van der Waals surface area (Å²) in [6.07, 6.45) is 3.63. The number of hydrogen-bond acceptors (Lipinski definition) is 3. The van der Waals surface area contributed by atoms with Crippen LogP contribution in [-0.2, 0) is 7.05 Å². The highest BCUT2D eigenvalue weighted by Crippen LogP contribution is 2.10. The Morgan fingerprint density at radius 1 is 1.50 bits per heavy atom. The van der Waals surface area contributed by atoms with E-state index in [1.165, 1.54) is 0 Å². The number of amides is 1. The van der Waals surface area contributed by atoms with Crippen molar-refractivity contribution in [1.29, 1.82) is 0 Å². The van der Waals surface area contributed by atoms with Crippen molar-refractivity contribution in [3.8, 4) is 0 Å². The molecule has 0 unspecified atom stereocenters. The first kappa shape index (κ1) is 14.4. The smallest absolute Gasteiger partial charge is 0.251 e. The van der Waals surface area contributed by atoms with Crippen LogP contribution in [-0.4, -0.2) is 35.6 Å². The number of carbonyl (C=O) groups excluding carboxylic acids is 1. The molecule has 2 rings (SSSR count). The number of nitrogens with zero attached hydrogens (tertiary/aromatic N) is 3. The predicted octanol–water partition coefficient (Wildman–Crippen LogP) is 1.94. The maximum atomic E-state index is 11.9. The van der Waals surface area contributed by atoms with E-state index >= 15 is 0 Å². The average Bonchev–Trinajstić information content (AvgIpc) is 2.85. The van der Waals surface area contributed by atoms with Crippen molar-refractivity contribution in [2.24, 2.45) is 7.05 Å². The Kier molecular flexibility index (Phi) is 4.63. The number of aromatic nitrogens is 2. The molecule has 0 fully saturated rings. The van der Waals surface area contributed by atoms with Crippen LogP contribution in [0.4, 0.5) is 5.95 Å². The molecule has 1 heterocycles. The van der Waals surface area contributed by atoms with Gasteiger partial charge in [-0.25, -0.2) is 4.98 Å². The van der Waals surface area contributed by atoms with E-state index in [9.17, 15) is 4.79 Å². The van der Waals surface area contributed by atoms with Crippen LogP contribution >= 0.6 is 11.6 Å². The van der Waals surface area contributed by atoms with E-state index in [-0.39, 0.29) is 5.91 Å². The Morgan fingerprint density at radius 3 is 2.95 bits per heavy atom. The fourth-order valence-corrected chi connectivity index (χ4v) is 2.08. The predicted molar refractivity (Wildman–Crippen MR) is 80.3 cm³/mol. The van der Waals surface area contributed by atoms with E-state index < -0.39 is 0 Å². The zero-order valence-electron chi connectivity index (χ0n) is 11.5. The van der Waals surface area contributed by atoms with Gasteiger partial charge in [-0.2, -0.15) is 0 Å². The van der Waals surface area contributed by atoms with Crippen LogP contribution in [0.25, 0.3) is 0 Å². The van der Waals surface area contributed by atoms with Crippen LogP contribution in [0, 0.1) is 0 Å². The molecule has 106 valence electrons. The minimum Gasteiger partial charge on any atom is -0.350 e. The third-order valence-electron chi connectivity index (χ3n) is 2.96. The molecule has 0 bridgehead atoms. The second-order valence-corrected chi connectivity index (χ2v) is 4.96. The third kappa shape index (κ3) is 3.51. The van der Waals surface area contributed by atoms with Gasteiger partial charge in [-0.05, 0) is 18.2 Å². The van der Waals surface area contributed by atoms with Gasteiger partial charge in [-0.3, -0.25) is 4.79 Å². The number of nitrogens with one attached hydrogen (secondary N) is 1. The fourth-order valence-electron chi connectivity index (χ4n) is 1.89. The molecule has 1 amide bonds. The Labute approximate surface area is 123 Å². The van der Waals surface area contributed by atoms with Crippen LogP contribution < -0.4 is 10.2 Å². The summed E-state index contributed by atoms with van der Waals surface area (Å²) in [5.74, 6) is 0.739. The molecular weight excluding hydrogens is 276 g/mol. The molecule has 0 aliphatic rings. The van der Waals surface area contributed by atoms with Crippen LogP contribution in [0.5, 0.6) is 0 Å². The number of anilines is 1. The van der Waals surface area contributed by atoms with Gasteiger partial charge in [0.15, 0.2) is 0 Å². The van der Waals surface area contributed by atoms with Gasteiger partial charge in [0, 0.05) is 50.2 Å². The molecule has 1 aromatic heterocycles. The number of rotatable bonds is 5. The number of benzene rings is 1. The van der Waals surface area contributed by atoms with Gasteiger partial charge in [-0.15, -0.1) is 0 Å². The van der Waals surface area contributed by atoms with Crippen LogP contribution in [0.15, 0.2) is 36.7 Å². The fraction of sp³-hybridized carbons (Fsp3) is 0.286. The Morgan fingerprint density at radius 2 is 2.30 bits per heavy atom. The lowest BCUT2D eigenvalue weighted by molar-refractivity contribution is 0.0954. The molecule has 0 saturated heterocycles. The molecule has 0 saturated carbocycles. The quantitative estimate of drug-likeness (QED) is 0.916. The lowest BCUT2D eigenvalue weighted by Crippen LogP contribution is -2.33. The van der Waals surface area contributed by atoms with Gasteiger partial charge in [0.2, 0.25) is 5.95 Å². The summed E-state index contributed by atoms with van der Waals surface area (Å²) in [6, 6.07) is 6.90. The molecule has 1 N–H and O–H groups in total. The zero-order valence-corrected chi connectivity index (χ0v) is 12.3. The van der Waals surface area contributed by atoms with Gasteiger partial charge >= 0.3 is 0 Å². The second-order valence-electron chi connectivity index (χ2n) is 4.53. The van der Waals surface area contributed by atoms with E-state index in [4.69, 9.17) is 11.6 Å². The summed E-state index contributed by atoms with van der Waals surface area (Å²) in [5.41, 5.74) is 0.567. The molecule has 0 radical (unpaired) electrons. The number of hydrogen-bond donors (Lipinski definition) is 1. The Balaban J connectivity index is 1.84. The zero-order chi connectivity index (χ0) is 14.5. The van der Waals surface area contributed by atoms with E-state index in [2.05, 4.69) is 10.3 Å². The van der Waals surface area contributed by atoms with Crippen molar-refractivity contribution >= 4 is 23.5 Å². The number of carbonyl (C=O) groups is 1. The van der Waals surface area contributed by atoms with E-state index in [1.807, 2.05) is 29.8 Å². The van der Waals surface area contributed by atoms with Gasteiger partial charge in [0.25, 0.3) is 5.91 Å². The monoisotopic (exact) mass is 292 g/mol. The Bertz CT molecular complexity index is 596. The van der Waals surface area contributed by atoms with Gasteiger partial charge in [-0.1, -0.05) is 17.7 Å². The van der Waals surface area contributed by atoms with Gasteiger partial charge < -0.3 is 14.8 Å². The SMILES string of the molecule is CN(CCNC(=O)c1cccc(Cl)c1)c1nccn1C. The third-order valence-corrected chi connectivity index (χ3v) is 3.19. The van der Waals surface area contributed by atoms with Gasteiger partial charge in [0.05, 0.1) is 0 Å². The largest absolute Gasteiger partial charge is 0.350 e. The number of halogens is 1. The molecule has 0 aliphatic carbocycles. The summed E-state index contributed by atoms with van der Waals surface area (Å²) in [4.78, 5) is 18.1. The van der Waals surface area contributed by atoms with Crippen molar-refractivity contribution in [3.63, 3.8) is 0 Å². The van der Waals surface area contributed by atoms with Crippen molar-refractivity contribution in [2.75, 3.05) is 25.0 Å². The lowest BCUT2D eigenvalue weighted by atomic mass is 10.2. The summed E-state index contributed by atoms with van der Waals surface area (Å²) in [7, 11) is 3.87. The van der Waals surface area contributed by atoms with Crippen molar-refractivity contribution in [3.05, 3.63) is 47.2 Å². The summed E-state index contributed by atoms with van der Waals surface area (Å²) < 4.78 is 1.93. The van der Waals surface area contributed by atoms with Gasteiger partial charge in [0.1, 0.15) is 0 Å². The minimum absolute atomic E-state index is 0.124. The lowest BCUT2D eigenvalue weighted by Gasteiger charge is -2.18. The molecule has 20 heavy (non-hydrogen) atoms. The maximum Gasteiger partial charge on any atom is 0.251 e. The summed E-state index contributed by atoms with van der Waals surface area (Å²) in [6.45, 7) is 1.21. The molecule has 0 atom stereocenters. The first-order chi connectivity index (χ1) is 9.58. The molecule has 6 heteroatoms. The highest BCUT2D eigenvalue weighted by Gasteiger charge is 2.08. The van der Waals surface area contributed by atoms with Crippen molar-refractivity contribution in [2.45, 2.75) is 0 Å². The molecule has 5 nitrogen and oxygen atoms in total. The Hall–Kier alpha value is -2.01. The number of imidazole rings is 1. The summed E-state index contributed by atoms with van der Waals surface area (Å²) >= 11 is 5.86. The molecule has 0 aliphatic heterocycles. The highest BCUT2D eigenvalue weighted by molar-refractivity contribution is 6.30. The minimum atomic E-state index is -0.124. The molecule has 0 spiro atoms. The molecule has 2 aromatic rings. The first-order valence-electron chi connectivity index (χ1n) is 6.30.